The van der Waals surface area contributed by atoms with E-state index >= 15 is 0 Å². The van der Waals surface area contributed by atoms with E-state index in [-0.39, 0.29) is 10.7 Å². The zero-order chi connectivity index (χ0) is 19.6. The monoisotopic (exact) mass is 422 g/mol. The third-order valence-corrected chi connectivity index (χ3v) is 5.56. The van der Waals surface area contributed by atoms with Gasteiger partial charge in [0.2, 0.25) is 15.9 Å². The maximum atomic E-state index is 12.5. The van der Waals surface area contributed by atoms with Crippen LogP contribution in [0.5, 0.6) is 0 Å². The lowest BCUT2D eigenvalue weighted by Gasteiger charge is -2.23. The quantitative estimate of drug-likeness (QED) is 0.655. The van der Waals surface area contributed by atoms with Crippen LogP contribution < -0.4 is 9.62 Å². The molecule has 0 saturated heterocycles. The van der Waals surface area contributed by atoms with Crippen LogP contribution in [0.1, 0.15) is 0 Å². The molecule has 0 spiro atoms. The lowest BCUT2D eigenvalue weighted by atomic mass is 10.1. The predicted octanol–water partition coefficient (Wildman–Crippen LogP) is 4.55. The van der Waals surface area contributed by atoms with Gasteiger partial charge in [0.1, 0.15) is 6.54 Å². The normalized spacial score (nSPS) is 11.4. The van der Waals surface area contributed by atoms with Crippen LogP contribution in [0.15, 0.2) is 60.7 Å². The molecule has 140 valence electrons. The Morgan fingerprint density at radius 2 is 1.70 bits per heavy atom. The zero-order valence-electron chi connectivity index (χ0n) is 14.3. The predicted molar refractivity (Wildman–Crippen MR) is 111 cm³/mol. The van der Waals surface area contributed by atoms with E-state index in [0.29, 0.717) is 10.7 Å². The van der Waals surface area contributed by atoms with Crippen molar-refractivity contribution in [3.8, 4) is 0 Å². The van der Waals surface area contributed by atoms with Crippen molar-refractivity contribution in [3.63, 3.8) is 0 Å². The van der Waals surface area contributed by atoms with E-state index in [1.807, 2.05) is 36.4 Å². The maximum absolute atomic E-state index is 12.5. The van der Waals surface area contributed by atoms with E-state index in [4.69, 9.17) is 23.2 Å². The first-order chi connectivity index (χ1) is 12.7. The number of amides is 1. The number of carbonyl (C=O) groups excluding carboxylic acids is 1. The molecule has 0 unspecified atom stereocenters. The largest absolute Gasteiger partial charge is 0.324 e. The first kappa shape index (κ1) is 19.5. The number of fused-ring (bicyclic) bond motifs is 1. The molecule has 0 aliphatic rings. The Balaban J connectivity index is 1.84. The molecule has 3 aromatic carbocycles. The van der Waals surface area contributed by atoms with Crippen molar-refractivity contribution in [1.29, 1.82) is 0 Å². The number of hydrogen-bond acceptors (Lipinski definition) is 3. The van der Waals surface area contributed by atoms with Crippen molar-refractivity contribution < 1.29 is 13.2 Å². The van der Waals surface area contributed by atoms with E-state index in [1.54, 1.807) is 6.07 Å². The molecule has 1 N–H and O–H groups in total. The summed E-state index contributed by atoms with van der Waals surface area (Å²) in [5.74, 6) is -0.485. The number of sulfonamides is 1. The SMILES string of the molecule is CS(=O)(=O)N(CC(=O)Nc1ccc2ccccc2c1)c1ccc(Cl)cc1Cl. The summed E-state index contributed by atoms with van der Waals surface area (Å²) < 4.78 is 25.3. The molecular formula is C19H16Cl2N2O3S. The third kappa shape index (κ3) is 4.71. The van der Waals surface area contributed by atoms with Crippen LogP contribution in [-0.2, 0) is 14.8 Å². The van der Waals surface area contributed by atoms with Crippen LogP contribution in [0.2, 0.25) is 10.0 Å². The van der Waals surface area contributed by atoms with Gasteiger partial charge in [-0.3, -0.25) is 9.10 Å². The summed E-state index contributed by atoms with van der Waals surface area (Å²) in [5.41, 5.74) is 0.770. The fourth-order valence-electron chi connectivity index (χ4n) is 2.66. The molecule has 0 aliphatic heterocycles. The number of hydrogen-bond donors (Lipinski definition) is 1. The van der Waals surface area contributed by atoms with Crippen LogP contribution in [0.25, 0.3) is 10.8 Å². The minimum atomic E-state index is -3.73. The summed E-state index contributed by atoms with van der Waals surface area (Å²) in [6, 6.07) is 17.6. The fraction of sp³-hybridized carbons (Fsp3) is 0.105. The van der Waals surface area contributed by atoms with Crippen LogP contribution in [0, 0.1) is 0 Å². The van der Waals surface area contributed by atoms with Crippen LogP contribution >= 0.6 is 23.2 Å². The average Bonchev–Trinajstić information content (AvgIpc) is 2.59. The molecule has 0 aromatic heterocycles. The van der Waals surface area contributed by atoms with Gasteiger partial charge >= 0.3 is 0 Å². The molecule has 1 amide bonds. The topological polar surface area (TPSA) is 66.5 Å². The summed E-state index contributed by atoms with van der Waals surface area (Å²) in [4.78, 5) is 12.5. The summed E-state index contributed by atoms with van der Waals surface area (Å²) in [7, 11) is -3.73. The highest BCUT2D eigenvalue weighted by Gasteiger charge is 2.23. The first-order valence-corrected chi connectivity index (χ1v) is 10.6. The molecule has 27 heavy (non-hydrogen) atoms. The molecule has 0 radical (unpaired) electrons. The number of halogens is 2. The second-order valence-electron chi connectivity index (χ2n) is 5.98. The van der Waals surface area contributed by atoms with E-state index in [2.05, 4.69) is 5.32 Å². The Hall–Kier alpha value is -2.28. The Morgan fingerprint density at radius 3 is 2.37 bits per heavy atom. The lowest BCUT2D eigenvalue weighted by molar-refractivity contribution is -0.114. The third-order valence-electron chi connectivity index (χ3n) is 3.90. The molecule has 0 bridgehead atoms. The molecule has 0 aliphatic carbocycles. The van der Waals surface area contributed by atoms with Gasteiger partial charge in [-0.1, -0.05) is 53.5 Å². The van der Waals surface area contributed by atoms with Gasteiger partial charge < -0.3 is 5.32 Å². The van der Waals surface area contributed by atoms with Crippen molar-refractivity contribution >= 4 is 61.3 Å². The van der Waals surface area contributed by atoms with Gasteiger partial charge in [-0.05, 0) is 41.1 Å². The first-order valence-electron chi connectivity index (χ1n) is 7.95. The van der Waals surface area contributed by atoms with Gasteiger partial charge in [-0.25, -0.2) is 8.42 Å². The highest BCUT2D eigenvalue weighted by atomic mass is 35.5. The van der Waals surface area contributed by atoms with Gasteiger partial charge in [0.05, 0.1) is 17.0 Å². The van der Waals surface area contributed by atoms with Crippen molar-refractivity contribution in [1.82, 2.24) is 0 Å². The van der Waals surface area contributed by atoms with Gasteiger partial charge in [0, 0.05) is 10.7 Å². The second kappa shape index (κ2) is 7.76. The van der Waals surface area contributed by atoms with E-state index in [9.17, 15) is 13.2 Å². The van der Waals surface area contributed by atoms with Crippen molar-refractivity contribution in [3.05, 3.63) is 70.7 Å². The van der Waals surface area contributed by atoms with Crippen molar-refractivity contribution in [2.24, 2.45) is 0 Å². The summed E-state index contributed by atoms with van der Waals surface area (Å²) in [6.07, 6.45) is 1.02. The van der Waals surface area contributed by atoms with Crippen LogP contribution in [0.3, 0.4) is 0 Å². The molecule has 5 nitrogen and oxygen atoms in total. The summed E-state index contributed by atoms with van der Waals surface area (Å²) >= 11 is 12.0. The standard InChI is InChI=1S/C19H16Cl2N2O3S/c1-27(25,26)23(18-9-7-15(20)11-17(18)21)12-19(24)22-16-8-6-13-4-2-3-5-14(13)10-16/h2-11H,12H2,1H3,(H,22,24). The van der Waals surface area contributed by atoms with Crippen LogP contribution in [-0.4, -0.2) is 27.1 Å². The number of nitrogens with one attached hydrogen (secondary N) is 1. The average molecular weight is 423 g/mol. The van der Waals surface area contributed by atoms with E-state index < -0.39 is 22.5 Å². The fourth-order valence-corrected chi connectivity index (χ4v) is 4.09. The zero-order valence-corrected chi connectivity index (χ0v) is 16.6. The van der Waals surface area contributed by atoms with Crippen molar-refractivity contribution in [2.45, 2.75) is 0 Å². The smallest absolute Gasteiger partial charge is 0.245 e. The molecule has 3 aromatic rings. The highest BCUT2D eigenvalue weighted by Crippen LogP contribution is 2.30. The number of benzene rings is 3. The minimum absolute atomic E-state index is 0.145. The van der Waals surface area contributed by atoms with Crippen molar-refractivity contribution in [2.75, 3.05) is 22.4 Å². The Bertz CT molecular complexity index is 1120. The second-order valence-corrected chi connectivity index (χ2v) is 8.73. The Morgan fingerprint density at radius 1 is 1.00 bits per heavy atom. The van der Waals surface area contributed by atoms with Gasteiger partial charge in [-0.15, -0.1) is 0 Å². The number of nitrogens with zero attached hydrogens (tertiary/aromatic N) is 1. The summed E-state index contributed by atoms with van der Waals surface area (Å²) in [6.45, 7) is -0.410. The Labute approximate surface area is 167 Å². The lowest BCUT2D eigenvalue weighted by Crippen LogP contribution is -2.37. The van der Waals surface area contributed by atoms with Gasteiger partial charge in [0.15, 0.2) is 0 Å². The van der Waals surface area contributed by atoms with Gasteiger partial charge in [0.25, 0.3) is 0 Å². The minimum Gasteiger partial charge on any atom is -0.324 e. The maximum Gasteiger partial charge on any atom is 0.245 e. The molecule has 0 fully saturated rings. The van der Waals surface area contributed by atoms with E-state index in [1.165, 1.54) is 18.2 Å². The number of rotatable bonds is 5. The summed E-state index contributed by atoms with van der Waals surface area (Å²) in [5, 5.41) is 5.25. The number of carbonyl (C=O) groups is 1. The molecule has 3 rings (SSSR count). The molecule has 8 heteroatoms. The highest BCUT2D eigenvalue weighted by molar-refractivity contribution is 7.92. The van der Waals surface area contributed by atoms with Gasteiger partial charge in [-0.2, -0.15) is 0 Å². The van der Waals surface area contributed by atoms with E-state index in [0.717, 1.165) is 21.3 Å². The van der Waals surface area contributed by atoms with Crippen LogP contribution in [0.4, 0.5) is 11.4 Å². The molecule has 0 saturated carbocycles. The Kier molecular flexibility index (Phi) is 5.60. The molecule has 0 heterocycles. The number of anilines is 2. The molecule has 0 atom stereocenters. The molecular weight excluding hydrogens is 407 g/mol.